The fraction of sp³-hybridized carbons (Fsp3) is 0. The first-order chi connectivity index (χ1) is 11.9. The molecule has 0 radical (unpaired) electrons. The molecule has 0 aliphatic heterocycles. The van der Waals surface area contributed by atoms with E-state index >= 15 is 0 Å². The van der Waals surface area contributed by atoms with Gasteiger partial charge in [0.15, 0.2) is 0 Å². The van der Waals surface area contributed by atoms with Crippen molar-refractivity contribution in [1.29, 1.82) is 0 Å². The van der Waals surface area contributed by atoms with E-state index in [0.29, 0.717) is 17.2 Å². The van der Waals surface area contributed by atoms with Crippen LogP contribution < -0.4 is 9.46 Å². The van der Waals surface area contributed by atoms with Gasteiger partial charge in [0.2, 0.25) is 0 Å². The molecule has 0 heterocycles. The maximum atomic E-state index is 12.4. The SMILES string of the molecule is O=S(=O)(Nc1ccc(Oc2ccc(Br)cc2)cc1)c1ccc(Br)cc1. The van der Waals surface area contributed by atoms with Crippen molar-refractivity contribution in [2.45, 2.75) is 4.90 Å². The molecule has 0 saturated heterocycles. The first-order valence-electron chi connectivity index (χ1n) is 7.24. The van der Waals surface area contributed by atoms with Crippen molar-refractivity contribution < 1.29 is 13.2 Å². The minimum Gasteiger partial charge on any atom is -0.457 e. The first-order valence-corrected chi connectivity index (χ1v) is 10.3. The summed E-state index contributed by atoms with van der Waals surface area (Å²) in [6.45, 7) is 0. The quantitative estimate of drug-likeness (QED) is 0.499. The molecule has 4 nitrogen and oxygen atoms in total. The molecule has 3 aromatic rings. The van der Waals surface area contributed by atoms with Crippen LogP contribution in [0.3, 0.4) is 0 Å². The molecule has 0 saturated carbocycles. The molecule has 0 aliphatic carbocycles. The molecule has 3 rings (SSSR count). The van der Waals surface area contributed by atoms with Crippen molar-refractivity contribution in [2.24, 2.45) is 0 Å². The summed E-state index contributed by atoms with van der Waals surface area (Å²) in [6, 6.07) is 20.6. The van der Waals surface area contributed by atoms with Gasteiger partial charge in [0.1, 0.15) is 11.5 Å². The normalized spacial score (nSPS) is 11.1. The number of halogens is 2. The third kappa shape index (κ3) is 4.84. The lowest BCUT2D eigenvalue weighted by atomic mass is 10.3. The maximum Gasteiger partial charge on any atom is 0.261 e. The fourth-order valence-corrected chi connectivity index (χ4v) is 3.64. The highest BCUT2D eigenvalue weighted by atomic mass is 79.9. The van der Waals surface area contributed by atoms with Crippen LogP contribution in [0.25, 0.3) is 0 Å². The van der Waals surface area contributed by atoms with Gasteiger partial charge in [-0.3, -0.25) is 4.72 Å². The molecule has 0 unspecified atom stereocenters. The summed E-state index contributed by atoms with van der Waals surface area (Å²) in [7, 11) is -3.62. The minimum absolute atomic E-state index is 0.200. The van der Waals surface area contributed by atoms with Gasteiger partial charge in [0, 0.05) is 14.6 Å². The lowest BCUT2D eigenvalue weighted by Gasteiger charge is -2.10. The molecule has 25 heavy (non-hydrogen) atoms. The van der Waals surface area contributed by atoms with Gasteiger partial charge in [-0.15, -0.1) is 0 Å². The van der Waals surface area contributed by atoms with Gasteiger partial charge in [0.05, 0.1) is 4.90 Å². The van der Waals surface area contributed by atoms with Gasteiger partial charge >= 0.3 is 0 Å². The Labute approximate surface area is 163 Å². The van der Waals surface area contributed by atoms with Crippen LogP contribution in [0.5, 0.6) is 11.5 Å². The van der Waals surface area contributed by atoms with E-state index < -0.39 is 10.0 Å². The second-order valence-electron chi connectivity index (χ2n) is 5.14. The van der Waals surface area contributed by atoms with E-state index in [1.54, 1.807) is 36.4 Å². The van der Waals surface area contributed by atoms with Gasteiger partial charge in [-0.2, -0.15) is 0 Å². The highest BCUT2D eigenvalue weighted by Crippen LogP contribution is 2.25. The largest absolute Gasteiger partial charge is 0.457 e. The van der Waals surface area contributed by atoms with Crippen molar-refractivity contribution in [1.82, 2.24) is 0 Å². The predicted octanol–water partition coefficient (Wildman–Crippen LogP) is 5.80. The number of ether oxygens (including phenoxy) is 1. The zero-order valence-electron chi connectivity index (χ0n) is 12.8. The average molecular weight is 483 g/mol. The van der Waals surface area contributed by atoms with Gasteiger partial charge in [-0.25, -0.2) is 8.42 Å². The number of rotatable bonds is 5. The van der Waals surface area contributed by atoms with Crippen LogP contribution in [0.15, 0.2) is 86.6 Å². The van der Waals surface area contributed by atoms with E-state index in [-0.39, 0.29) is 4.90 Å². The third-order valence-corrected chi connectivity index (χ3v) is 5.73. The summed E-state index contributed by atoms with van der Waals surface area (Å²) in [5, 5.41) is 0. The summed E-state index contributed by atoms with van der Waals surface area (Å²) in [5.74, 6) is 1.32. The van der Waals surface area contributed by atoms with Crippen molar-refractivity contribution in [2.75, 3.05) is 4.72 Å². The summed E-state index contributed by atoms with van der Waals surface area (Å²) < 4.78 is 34.8. The molecular formula is C18H13Br2NO3S. The van der Waals surface area contributed by atoms with Crippen molar-refractivity contribution >= 4 is 47.6 Å². The standard InChI is InChI=1S/C18H13Br2NO3S/c19-13-1-7-16(8-2-13)24-17-9-5-15(6-10-17)21-25(22,23)18-11-3-14(20)4-12-18/h1-12,21H. The summed E-state index contributed by atoms with van der Waals surface area (Å²) in [5.41, 5.74) is 0.464. The van der Waals surface area contributed by atoms with Crippen LogP contribution in [0.2, 0.25) is 0 Å². The first kappa shape index (κ1) is 18.0. The lowest BCUT2D eigenvalue weighted by molar-refractivity contribution is 0.482. The summed E-state index contributed by atoms with van der Waals surface area (Å²) in [6.07, 6.45) is 0. The Morgan fingerprint density at radius 2 is 1.12 bits per heavy atom. The zero-order valence-corrected chi connectivity index (χ0v) is 16.8. The van der Waals surface area contributed by atoms with Gasteiger partial charge in [-0.1, -0.05) is 31.9 Å². The molecule has 128 valence electrons. The Morgan fingerprint density at radius 1 is 0.680 bits per heavy atom. The van der Waals surface area contributed by atoms with Crippen molar-refractivity contribution in [3.05, 3.63) is 81.7 Å². The Balaban J connectivity index is 1.71. The van der Waals surface area contributed by atoms with Crippen LogP contribution in [-0.2, 0) is 10.0 Å². The minimum atomic E-state index is -3.62. The number of benzene rings is 3. The Hall–Kier alpha value is -1.83. The summed E-state index contributed by atoms with van der Waals surface area (Å²) >= 11 is 6.65. The zero-order chi connectivity index (χ0) is 17.9. The second kappa shape index (κ2) is 7.59. The van der Waals surface area contributed by atoms with Crippen molar-refractivity contribution in [3.63, 3.8) is 0 Å². The molecule has 7 heteroatoms. The van der Waals surface area contributed by atoms with Gasteiger partial charge in [-0.05, 0) is 72.8 Å². The maximum absolute atomic E-state index is 12.4. The van der Waals surface area contributed by atoms with E-state index in [1.807, 2.05) is 24.3 Å². The van der Waals surface area contributed by atoms with E-state index in [0.717, 1.165) is 8.95 Å². The number of nitrogens with one attached hydrogen (secondary N) is 1. The topological polar surface area (TPSA) is 55.4 Å². The molecular weight excluding hydrogens is 470 g/mol. The van der Waals surface area contributed by atoms with Crippen LogP contribution in [0.4, 0.5) is 5.69 Å². The Kier molecular flexibility index (Phi) is 5.46. The molecule has 1 N–H and O–H groups in total. The van der Waals surface area contributed by atoms with Crippen LogP contribution in [-0.4, -0.2) is 8.42 Å². The molecule has 0 atom stereocenters. The molecule has 3 aromatic carbocycles. The van der Waals surface area contributed by atoms with Crippen LogP contribution in [0.1, 0.15) is 0 Å². The van der Waals surface area contributed by atoms with E-state index in [4.69, 9.17) is 4.74 Å². The van der Waals surface area contributed by atoms with E-state index in [1.165, 1.54) is 12.1 Å². The molecule has 0 fully saturated rings. The monoisotopic (exact) mass is 481 g/mol. The third-order valence-electron chi connectivity index (χ3n) is 3.28. The Morgan fingerprint density at radius 3 is 1.64 bits per heavy atom. The van der Waals surface area contributed by atoms with Crippen LogP contribution in [0, 0.1) is 0 Å². The molecule has 0 aromatic heterocycles. The summed E-state index contributed by atoms with van der Waals surface area (Å²) in [4.78, 5) is 0.200. The van der Waals surface area contributed by atoms with Gasteiger partial charge in [0.25, 0.3) is 10.0 Å². The average Bonchev–Trinajstić information content (AvgIpc) is 2.59. The van der Waals surface area contributed by atoms with Gasteiger partial charge < -0.3 is 4.74 Å². The number of hydrogen-bond donors (Lipinski definition) is 1. The Bertz CT molecular complexity index is 955. The highest BCUT2D eigenvalue weighted by molar-refractivity contribution is 9.10. The predicted molar refractivity (Wildman–Crippen MR) is 106 cm³/mol. The molecule has 0 bridgehead atoms. The molecule has 0 amide bonds. The smallest absolute Gasteiger partial charge is 0.261 e. The number of anilines is 1. The van der Waals surface area contributed by atoms with Crippen molar-refractivity contribution in [3.8, 4) is 11.5 Å². The lowest BCUT2D eigenvalue weighted by Crippen LogP contribution is -2.12. The molecule has 0 spiro atoms. The van der Waals surface area contributed by atoms with Crippen LogP contribution >= 0.6 is 31.9 Å². The fourth-order valence-electron chi connectivity index (χ4n) is 2.06. The highest BCUT2D eigenvalue weighted by Gasteiger charge is 2.13. The molecule has 0 aliphatic rings. The van der Waals surface area contributed by atoms with E-state index in [2.05, 4.69) is 36.6 Å². The number of sulfonamides is 1. The number of hydrogen-bond acceptors (Lipinski definition) is 3. The second-order valence-corrected chi connectivity index (χ2v) is 8.65. The van der Waals surface area contributed by atoms with E-state index in [9.17, 15) is 8.42 Å².